The lowest BCUT2D eigenvalue weighted by atomic mass is 9.95. The van der Waals surface area contributed by atoms with E-state index in [0.717, 1.165) is 6.42 Å². The molecule has 192 valence electrons. The van der Waals surface area contributed by atoms with Gasteiger partial charge in [0, 0.05) is 6.42 Å². The van der Waals surface area contributed by atoms with Crippen LogP contribution in [0.25, 0.3) is 0 Å². The lowest BCUT2D eigenvalue weighted by Gasteiger charge is -2.17. The zero-order chi connectivity index (χ0) is 23.5. The Balaban J connectivity index is 3.89. The summed E-state index contributed by atoms with van der Waals surface area (Å²) in [6, 6.07) is 0. The van der Waals surface area contributed by atoms with Gasteiger partial charge in [0.05, 0.1) is 6.61 Å². The summed E-state index contributed by atoms with van der Waals surface area (Å²) in [4.78, 5) is 12.2. The Labute approximate surface area is 203 Å². The van der Waals surface area contributed by atoms with Crippen LogP contribution >= 0.6 is 0 Å². The van der Waals surface area contributed by atoms with Crippen molar-refractivity contribution in [3.63, 3.8) is 0 Å². The number of esters is 1. The van der Waals surface area contributed by atoms with Gasteiger partial charge in [-0.3, -0.25) is 4.79 Å². The van der Waals surface area contributed by atoms with Crippen LogP contribution < -0.4 is 0 Å². The third-order valence-electron chi connectivity index (χ3n) is 6.90. The molecular formula is C30H60O2. The van der Waals surface area contributed by atoms with Crippen molar-refractivity contribution in [3.05, 3.63) is 0 Å². The van der Waals surface area contributed by atoms with Crippen LogP contribution in [0.1, 0.15) is 175 Å². The van der Waals surface area contributed by atoms with Crippen LogP contribution in [0, 0.1) is 5.92 Å². The predicted molar refractivity (Wildman–Crippen MR) is 142 cm³/mol. The monoisotopic (exact) mass is 452 g/mol. The molecule has 0 aliphatic heterocycles. The van der Waals surface area contributed by atoms with Crippen LogP contribution in [-0.4, -0.2) is 12.6 Å². The first kappa shape index (κ1) is 31.5. The molecule has 0 radical (unpaired) electrons. The van der Waals surface area contributed by atoms with Crippen molar-refractivity contribution in [3.8, 4) is 0 Å². The van der Waals surface area contributed by atoms with Gasteiger partial charge in [-0.2, -0.15) is 0 Å². The molecular weight excluding hydrogens is 392 g/mol. The molecule has 1 atom stereocenters. The maximum absolute atomic E-state index is 12.2. The second-order valence-electron chi connectivity index (χ2n) is 10.2. The van der Waals surface area contributed by atoms with Gasteiger partial charge in [-0.05, 0) is 25.2 Å². The smallest absolute Gasteiger partial charge is 0.305 e. The summed E-state index contributed by atoms with van der Waals surface area (Å²) >= 11 is 0. The molecule has 0 aliphatic carbocycles. The van der Waals surface area contributed by atoms with Crippen molar-refractivity contribution in [2.24, 2.45) is 5.92 Å². The summed E-state index contributed by atoms with van der Waals surface area (Å²) in [5.74, 6) is 0.628. The van der Waals surface area contributed by atoms with E-state index in [-0.39, 0.29) is 5.97 Å². The standard InChI is InChI=1S/C30H60O2/c1-4-7-10-13-15-16-18-21-24-27-30(31)32-28-29(25-22-19-12-9-6-3)26-23-20-17-14-11-8-5-2/h29H,4-28H2,1-3H3. The molecule has 2 nitrogen and oxygen atoms in total. The minimum Gasteiger partial charge on any atom is -0.465 e. The van der Waals surface area contributed by atoms with Crippen LogP contribution in [0.15, 0.2) is 0 Å². The minimum absolute atomic E-state index is 0.0449. The highest BCUT2D eigenvalue weighted by molar-refractivity contribution is 5.69. The molecule has 0 heterocycles. The maximum atomic E-state index is 12.2. The zero-order valence-electron chi connectivity index (χ0n) is 22.6. The van der Waals surface area contributed by atoms with Gasteiger partial charge in [-0.25, -0.2) is 0 Å². The fourth-order valence-corrected chi connectivity index (χ4v) is 4.60. The minimum atomic E-state index is 0.0449. The van der Waals surface area contributed by atoms with E-state index < -0.39 is 0 Å². The summed E-state index contributed by atoms with van der Waals surface area (Å²) < 4.78 is 5.73. The summed E-state index contributed by atoms with van der Waals surface area (Å²) in [6.07, 6.45) is 30.9. The van der Waals surface area contributed by atoms with Crippen molar-refractivity contribution in [2.75, 3.05) is 6.61 Å². The Hall–Kier alpha value is -0.530. The molecule has 32 heavy (non-hydrogen) atoms. The second kappa shape index (κ2) is 26.7. The summed E-state index contributed by atoms with van der Waals surface area (Å²) in [5.41, 5.74) is 0. The van der Waals surface area contributed by atoms with Gasteiger partial charge < -0.3 is 4.74 Å². The molecule has 0 saturated heterocycles. The summed E-state index contributed by atoms with van der Waals surface area (Å²) in [6.45, 7) is 7.49. The first-order valence-corrected chi connectivity index (χ1v) is 14.9. The van der Waals surface area contributed by atoms with Gasteiger partial charge in [-0.15, -0.1) is 0 Å². The van der Waals surface area contributed by atoms with E-state index in [1.54, 1.807) is 0 Å². The van der Waals surface area contributed by atoms with Gasteiger partial charge in [0.2, 0.25) is 0 Å². The molecule has 0 rings (SSSR count). The molecule has 0 fully saturated rings. The fourth-order valence-electron chi connectivity index (χ4n) is 4.60. The highest BCUT2D eigenvalue weighted by Crippen LogP contribution is 2.20. The SMILES string of the molecule is CCCCCCCCCCCC(=O)OCC(CCCCCCC)CCCCCCCCC. The van der Waals surface area contributed by atoms with Crippen LogP contribution in [0.3, 0.4) is 0 Å². The predicted octanol–water partition coefficient (Wildman–Crippen LogP) is 10.6. The average Bonchev–Trinajstić information content (AvgIpc) is 2.80. The molecule has 0 aromatic heterocycles. The molecule has 0 aromatic rings. The van der Waals surface area contributed by atoms with Crippen molar-refractivity contribution >= 4 is 5.97 Å². The van der Waals surface area contributed by atoms with Crippen molar-refractivity contribution in [1.82, 2.24) is 0 Å². The number of ether oxygens (including phenoxy) is 1. The average molecular weight is 453 g/mol. The Kier molecular flexibility index (Phi) is 26.3. The Morgan fingerprint density at radius 2 is 0.844 bits per heavy atom. The van der Waals surface area contributed by atoms with E-state index >= 15 is 0 Å². The quantitative estimate of drug-likeness (QED) is 0.0963. The highest BCUT2D eigenvalue weighted by atomic mass is 16.5. The topological polar surface area (TPSA) is 26.3 Å². The molecule has 2 heteroatoms. The van der Waals surface area contributed by atoms with Crippen LogP contribution in [0.4, 0.5) is 0 Å². The number of carbonyl (C=O) groups excluding carboxylic acids is 1. The van der Waals surface area contributed by atoms with Crippen LogP contribution in [-0.2, 0) is 9.53 Å². The molecule has 0 saturated carbocycles. The molecule has 0 bridgehead atoms. The highest BCUT2D eigenvalue weighted by Gasteiger charge is 2.12. The number of carbonyl (C=O) groups is 1. The largest absolute Gasteiger partial charge is 0.465 e. The molecule has 0 N–H and O–H groups in total. The van der Waals surface area contributed by atoms with Gasteiger partial charge in [0.15, 0.2) is 0 Å². The van der Waals surface area contributed by atoms with E-state index in [1.165, 1.54) is 141 Å². The number of rotatable bonds is 26. The van der Waals surface area contributed by atoms with E-state index in [9.17, 15) is 4.79 Å². The Bertz CT molecular complexity index is 366. The summed E-state index contributed by atoms with van der Waals surface area (Å²) in [5, 5.41) is 0. The van der Waals surface area contributed by atoms with Crippen molar-refractivity contribution < 1.29 is 9.53 Å². The summed E-state index contributed by atoms with van der Waals surface area (Å²) in [7, 11) is 0. The third-order valence-corrected chi connectivity index (χ3v) is 6.90. The number of unbranched alkanes of at least 4 members (excludes halogenated alkanes) is 18. The van der Waals surface area contributed by atoms with Crippen LogP contribution in [0.2, 0.25) is 0 Å². The number of hydrogen-bond donors (Lipinski definition) is 0. The number of hydrogen-bond acceptors (Lipinski definition) is 2. The first-order valence-electron chi connectivity index (χ1n) is 14.9. The Morgan fingerprint density at radius 1 is 0.500 bits per heavy atom. The fraction of sp³-hybridized carbons (Fsp3) is 0.967. The first-order chi connectivity index (χ1) is 15.7. The zero-order valence-corrected chi connectivity index (χ0v) is 22.6. The third kappa shape index (κ3) is 24.1. The maximum Gasteiger partial charge on any atom is 0.305 e. The van der Waals surface area contributed by atoms with Crippen LogP contribution in [0.5, 0.6) is 0 Å². The van der Waals surface area contributed by atoms with E-state index in [0.29, 0.717) is 18.9 Å². The lowest BCUT2D eigenvalue weighted by Crippen LogP contribution is -2.14. The second-order valence-corrected chi connectivity index (χ2v) is 10.2. The van der Waals surface area contributed by atoms with E-state index in [4.69, 9.17) is 4.74 Å². The van der Waals surface area contributed by atoms with Gasteiger partial charge in [0.1, 0.15) is 0 Å². The normalized spacial score (nSPS) is 12.2. The van der Waals surface area contributed by atoms with E-state index in [1.807, 2.05) is 0 Å². The molecule has 0 aromatic carbocycles. The Morgan fingerprint density at radius 3 is 1.25 bits per heavy atom. The molecule has 0 spiro atoms. The molecule has 0 aliphatic rings. The lowest BCUT2D eigenvalue weighted by molar-refractivity contribution is -0.145. The van der Waals surface area contributed by atoms with Gasteiger partial charge in [0.25, 0.3) is 0 Å². The molecule has 0 amide bonds. The van der Waals surface area contributed by atoms with Gasteiger partial charge in [-0.1, -0.05) is 149 Å². The van der Waals surface area contributed by atoms with Crippen molar-refractivity contribution in [2.45, 2.75) is 175 Å². The van der Waals surface area contributed by atoms with E-state index in [2.05, 4.69) is 20.8 Å². The van der Waals surface area contributed by atoms with Crippen molar-refractivity contribution in [1.29, 1.82) is 0 Å². The van der Waals surface area contributed by atoms with Gasteiger partial charge >= 0.3 is 5.97 Å². The molecule has 1 unspecified atom stereocenters.